The average Bonchev–Trinajstić information content (AvgIpc) is 2.72. The molecule has 0 unspecified atom stereocenters. The fourth-order valence-corrected chi connectivity index (χ4v) is 4.78. The zero-order valence-corrected chi connectivity index (χ0v) is 17.4. The monoisotopic (exact) mass is 435 g/mol. The third-order valence-electron chi connectivity index (χ3n) is 4.33. The van der Waals surface area contributed by atoms with Crippen LogP contribution in [0.15, 0.2) is 71.6 Å². The smallest absolute Gasteiger partial charge is 0.266 e. The number of rotatable bonds is 7. The zero-order chi connectivity index (χ0) is 21.0. The van der Waals surface area contributed by atoms with Crippen LogP contribution in [0.5, 0.6) is 11.5 Å². The maximum Gasteiger partial charge on any atom is 0.266 e. The van der Waals surface area contributed by atoms with Gasteiger partial charge in [0.1, 0.15) is 10.7 Å². The summed E-state index contributed by atoms with van der Waals surface area (Å²) in [6.07, 6.45) is 0. The molecular weight excluding hydrogens is 417 g/mol. The topological polar surface area (TPSA) is 55.8 Å². The van der Waals surface area contributed by atoms with Gasteiger partial charge in [-0.3, -0.25) is 4.31 Å². The van der Waals surface area contributed by atoms with Crippen molar-refractivity contribution in [1.29, 1.82) is 0 Å². The number of hydrogen-bond acceptors (Lipinski definition) is 4. The summed E-state index contributed by atoms with van der Waals surface area (Å²) in [4.78, 5) is -0.0761. The molecule has 0 spiro atoms. The molecule has 0 atom stereocenters. The molecule has 152 valence electrons. The third-order valence-corrected chi connectivity index (χ3v) is 6.61. The van der Waals surface area contributed by atoms with Gasteiger partial charge in [0.15, 0.2) is 11.5 Å². The van der Waals surface area contributed by atoms with E-state index in [0.717, 1.165) is 4.31 Å². The van der Waals surface area contributed by atoms with E-state index in [0.29, 0.717) is 11.5 Å². The van der Waals surface area contributed by atoms with Crippen molar-refractivity contribution in [3.05, 3.63) is 83.1 Å². The van der Waals surface area contributed by atoms with E-state index in [4.69, 9.17) is 21.1 Å². The molecule has 3 aromatic carbocycles. The van der Waals surface area contributed by atoms with Crippen molar-refractivity contribution < 1.29 is 22.3 Å². The van der Waals surface area contributed by atoms with Crippen molar-refractivity contribution in [1.82, 2.24) is 0 Å². The molecule has 0 aromatic heterocycles. The normalized spacial score (nSPS) is 11.2. The van der Waals surface area contributed by atoms with E-state index in [9.17, 15) is 12.8 Å². The maximum absolute atomic E-state index is 14.3. The quantitative estimate of drug-likeness (QED) is 0.530. The summed E-state index contributed by atoms with van der Waals surface area (Å²) < 4.78 is 52.9. The molecule has 0 aliphatic rings. The SMILES string of the molecule is COc1ccc(N(Cc2ccccc2F)S(=O)(=O)c2ccccc2Cl)cc1OC. The summed E-state index contributed by atoms with van der Waals surface area (Å²) >= 11 is 6.16. The lowest BCUT2D eigenvalue weighted by molar-refractivity contribution is 0.355. The molecule has 0 saturated carbocycles. The lowest BCUT2D eigenvalue weighted by atomic mass is 10.2. The number of benzene rings is 3. The molecule has 0 bridgehead atoms. The zero-order valence-electron chi connectivity index (χ0n) is 15.8. The first-order chi connectivity index (χ1) is 13.9. The van der Waals surface area contributed by atoms with Crippen molar-refractivity contribution in [2.75, 3.05) is 18.5 Å². The van der Waals surface area contributed by atoms with Gasteiger partial charge in [0.25, 0.3) is 10.0 Å². The van der Waals surface area contributed by atoms with Crippen LogP contribution in [0.3, 0.4) is 0 Å². The van der Waals surface area contributed by atoms with Crippen LogP contribution in [-0.4, -0.2) is 22.6 Å². The van der Waals surface area contributed by atoms with Crippen LogP contribution in [0.2, 0.25) is 5.02 Å². The Morgan fingerprint density at radius 2 is 1.59 bits per heavy atom. The minimum Gasteiger partial charge on any atom is -0.493 e. The lowest BCUT2D eigenvalue weighted by Crippen LogP contribution is -2.31. The highest BCUT2D eigenvalue weighted by Gasteiger charge is 2.28. The molecule has 29 heavy (non-hydrogen) atoms. The summed E-state index contributed by atoms with van der Waals surface area (Å²) in [5.41, 5.74) is 0.503. The molecule has 0 fully saturated rings. The van der Waals surface area contributed by atoms with E-state index in [1.165, 1.54) is 44.6 Å². The number of ether oxygens (including phenoxy) is 2. The minimum absolute atomic E-state index is 0.0755. The number of methoxy groups -OCH3 is 2. The fraction of sp³-hybridized carbons (Fsp3) is 0.143. The van der Waals surface area contributed by atoms with Gasteiger partial charge in [0.05, 0.1) is 31.5 Å². The molecule has 8 heteroatoms. The molecule has 0 saturated heterocycles. The highest BCUT2D eigenvalue weighted by atomic mass is 35.5. The predicted octanol–water partition coefficient (Wildman–Crippen LogP) is 4.89. The van der Waals surface area contributed by atoms with Gasteiger partial charge in [0.2, 0.25) is 0 Å². The Hall–Kier alpha value is -2.77. The summed E-state index contributed by atoms with van der Waals surface area (Å²) in [6.45, 7) is -0.226. The van der Waals surface area contributed by atoms with Crippen LogP contribution in [0, 0.1) is 5.82 Å². The van der Waals surface area contributed by atoms with E-state index >= 15 is 0 Å². The number of sulfonamides is 1. The first kappa shape index (κ1) is 21.0. The maximum atomic E-state index is 14.3. The molecule has 5 nitrogen and oxygen atoms in total. The van der Waals surface area contributed by atoms with Crippen molar-refractivity contribution in [3.8, 4) is 11.5 Å². The molecule has 0 amide bonds. The van der Waals surface area contributed by atoms with Gasteiger partial charge in [-0.15, -0.1) is 0 Å². The van der Waals surface area contributed by atoms with Gasteiger partial charge < -0.3 is 9.47 Å². The lowest BCUT2D eigenvalue weighted by Gasteiger charge is -2.26. The molecule has 0 radical (unpaired) electrons. The highest BCUT2D eigenvalue weighted by Crippen LogP contribution is 2.36. The summed E-state index contributed by atoms with van der Waals surface area (Å²) in [5, 5.41) is 0.0755. The van der Waals surface area contributed by atoms with Crippen LogP contribution in [0.25, 0.3) is 0 Å². The Morgan fingerprint density at radius 1 is 0.931 bits per heavy atom. The van der Waals surface area contributed by atoms with Crippen molar-refractivity contribution in [2.45, 2.75) is 11.4 Å². The summed E-state index contributed by atoms with van der Waals surface area (Å²) in [5.74, 6) is 0.280. The number of anilines is 1. The average molecular weight is 436 g/mol. The second kappa shape index (κ2) is 8.71. The molecule has 0 aliphatic carbocycles. The van der Waals surface area contributed by atoms with Crippen molar-refractivity contribution in [3.63, 3.8) is 0 Å². The number of nitrogens with zero attached hydrogens (tertiary/aromatic N) is 1. The number of halogens is 2. The van der Waals surface area contributed by atoms with Crippen LogP contribution in [0.1, 0.15) is 5.56 Å². The second-order valence-corrected chi connectivity index (χ2v) is 8.31. The predicted molar refractivity (Wildman–Crippen MR) is 111 cm³/mol. The highest BCUT2D eigenvalue weighted by molar-refractivity contribution is 7.93. The number of hydrogen-bond donors (Lipinski definition) is 0. The molecule has 3 rings (SSSR count). The molecule has 0 aliphatic heterocycles. The Bertz CT molecular complexity index is 1120. The van der Waals surface area contributed by atoms with Gasteiger partial charge >= 0.3 is 0 Å². The van der Waals surface area contributed by atoms with Gasteiger partial charge in [-0.1, -0.05) is 41.9 Å². The first-order valence-corrected chi connectivity index (χ1v) is 10.4. The Kier molecular flexibility index (Phi) is 6.30. The first-order valence-electron chi connectivity index (χ1n) is 8.61. The third kappa shape index (κ3) is 4.31. The summed E-state index contributed by atoms with van der Waals surface area (Å²) in [7, 11) is -1.17. The van der Waals surface area contributed by atoms with E-state index in [1.807, 2.05) is 0 Å². The van der Waals surface area contributed by atoms with Gasteiger partial charge in [-0.2, -0.15) is 0 Å². The minimum atomic E-state index is -4.11. The molecule has 0 heterocycles. The van der Waals surface area contributed by atoms with Gasteiger partial charge in [0, 0.05) is 11.6 Å². The van der Waals surface area contributed by atoms with Crippen molar-refractivity contribution in [2.24, 2.45) is 0 Å². The Labute approximate surface area is 174 Å². The van der Waals surface area contributed by atoms with Crippen LogP contribution >= 0.6 is 11.6 Å². The van der Waals surface area contributed by atoms with Gasteiger partial charge in [-0.25, -0.2) is 12.8 Å². The van der Waals surface area contributed by atoms with E-state index in [1.54, 1.807) is 36.4 Å². The summed E-state index contributed by atoms with van der Waals surface area (Å²) in [6, 6.07) is 16.8. The second-order valence-electron chi connectivity index (χ2n) is 6.07. The molecular formula is C21H19ClFNO4S. The molecule has 0 N–H and O–H groups in total. The van der Waals surface area contributed by atoms with E-state index < -0.39 is 15.8 Å². The van der Waals surface area contributed by atoms with Crippen LogP contribution in [0.4, 0.5) is 10.1 Å². The van der Waals surface area contributed by atoms with Crippen LogP contribution in [-0.2, 0) is 16.6 Å². The van der Waals surface area contributed by atoms with Crippen molar-refractivity contribution >= 4 is 27.3 Å². The van der Waals surface area contributed by atoms with Gasteiger partial charge in [-0.05, 0) is 30.3 Å². The largest absolute Gasteiger partial charge is 0.493 e. The standard InChI is InChI=1S/C21H19ClFNO4S/c1-27-19-12-11-16(13-20(19)28-2)24(14-15-7-3-5-9-18(15)23)29(25,26)21-10-6-4-8-17(21)22/h3-13H,14H2,1-2H3. The van der Waals surface area contributed by atoms with E-state index in [-0.39, 0.29) is 27.7 Å². The Morgan fingerprint density at radius 3 is 2.24 bits per heavy atom. The molecule has 3 aromatic rings. The Balaban J connectivity index is 2.17. The fourth-order valence-electron chi connectivity index (χ4n) is 2.85. The van der Waals surface area contributed by atoms with Crippen LogP contribution < -0.4 is 13.8 Å². The van der Waals surface area contributed by atoms with E-state index in [2.05, 4.69) is 0 Å².